The average Bonchev–Trinajstić information content (AvgIpc) is 3.01. The van der Waals surface area contributed by atoms with Crippen LogP contribution in [0.25, 0.3) is 0 Å². The molecule has 1 aliphatic rings. The van der Waals surface area contributed by atoms with Gasteiger partial charge in [-0.3, -0.25) is 19.7 Å². The summed E-state index contributed by atoms with van der Waals surface area (Å²) in [5, 5.41) is 10.9. The number of H-pyrrole nitrogens is 1. The van der Waals surface area contributed by atoms with Gasteiger partial charge in [0, 0.05) is 18.8 Å². The number of nitrogens with zero attached hydrogens (tertiary/aromatic N) is 2. The molecule has 0 radical (unpaired) electrons. The predicted octanol–water partition coefficient (Wildman–Crippen LogP) is 2.55. The minimum Gasteiger partial charge on any atom is -0.464 e. The molecule has 1 aliphatic heterocycles. The lowest BCUT2D eigenvalue weighted by molar-refractivity contribution is -0.386. The number of carbonyl (C=O) groups is 1. The lowest BCUT2D eigenvalue weighted by Crippen LogP contribution is -2.38. The van der Waals surface area contributed by atoms with Crippen molar-refractivity contribution in [2.75, 3.05) is 6.54 Å². The molecule has 0 bridgehead atoms. The monoisotopic (exact) mass is 331 g/mol. The predicted molar refractivity (Wildman–Crippen MR) is 84.8 cm³/mol. The van der Waals surface area contributed by atoms with Crippen molar-refractivity contribution in [2.24, 2.45) is 0 Å². The van der Waals surface area contributed by atoms with E-state index in [1.165, 1.54) is 6.20 Å². The number of aromatic amines is 1. The number of aromatic nitrogens is 1. The van der Waals surface area contributed by atoms with Crippen molar-refractivity contribution in [1.82, 2.24) is 9.88 Å². The van der Waals surface area contributed by atoms with E-state index >= 15 is 0 Å². The Bertz CT molecular complexity index is 838. The minimum absolute atomic E-state index is 0.0940. The van der Waals surface area contributed by atoms with Gasteiger partial charge < -0.3 is 14.3 Å². The average molecular weight is 331 g/mol. The molecule has 2 aromatic heterocycles. The van der Waals surface area contributed by atoms with Gasteiger partial charge in [0.05, 0.1) is 16.5 Å². The summed E-state index contributed by atoms with van der Waals surface area (Å²) in [5.41, 5.74) is -1.37. The molecule has 1 fully saturated rings. The van der Waals surface area contributed by atoms with Gasteiger partial charge in [0.2, 0.25) is 0 Å². The Labute approximate surface area is 137 Å². The smallest absolute Gasteiger partial charge is 0.334 e. The van der Waals surface area contributed by atoms with Gasteiger partial charge in [-0.2, -0.15) is 0 Å². The van der Waals surface area contributed by atoms with E-state index < -0.39 is 16.2 Å². The molecule has 0 aliphatic carbocycles. The fourth-order valence-electron chi connectivity index (χ4n) is 3.00. The first-order valence-electron chi connectivity index (χ1n) is 7.72. The zero-order valence-corrected chi connectivity index (χ0v) is 13.2. The van der Waals surface area contributed by atoms with Gasteiger partial charge in [0.15, 0.2) is 0 Å². The Morgan fingerprint density at radius 3 is 2.88 bits per heavy atom. The number of hydrogen-bond acceptors (Lipinski definition) is 5. The maximum Gasteiger partial charge on any atom is 0.334 e. The molecule has 126 valence electrons. The van der Waals surface area contributed by atoms with E-state index in [1.54, 1.807) is 4.90 Å². The first-order valence-corrected chi connectivity index (χ1v) is 7.72. The van der Waals surface area contributed by atoms with Gasteiger partial charge >= 0.3 is 11.2 Å². The molecular weight excluding hydrogens is 314 g/mol. The van der Waals surface area contributed by atoms with Gasteiger partial charge in [-0.1, -0.05) is 0 Å². The van der Waals surface area contributed by atoms with Gasteiger partial charge in [0.25, 0.3) is 5.91 Å². The van der Waals surface area contributed by atoms with Crippen LogP contribution in [0.15, 0.2) is 33.6 Å². The molecule has 8 nitrogen and oxygen atoms in total. The third-order valence-electron chi connectivity index (χ3n) is 4.18. The second-order valence-corrected chi connectivity index (χ2v) is 5.82. The molecule has 2 aromatic rings. The van der Waals surface area contributed by atoms with Gasteiger partial charge in [-0.15, -0.1) is 0 Å². The Morgan fingerprint density at radius 2 is 2.21 bits per heavy atom. The highest BCUT2D eigenvalue weighted by Gasteiger charge is 2.31. The van der Waals surface area contributed by atoms with Gasteiger partial charge in [-0.25, -0.2) is 0 Å². The summed E-state index contributed by atoms with van der Waals surface area (Å²) in [6, 6.07) is 4.52. The van der Waals surface area contributed by atoms with Crippen molar-refractivity contribution in [1.29, 1.82) is 0 Å². The van der Waals surface area contributed by atoms with Crippen LogP contribution in [-0.2, 0) is 0 Å². The minimum atomic E-state index is -0.826. The molecule has 3 heterocycles. The molecule has 1 atom stereocenters. The number of furan rings is 1. The number of hydrogen-bond donors (Lipinski definition) is 1. The maximum absolute atomic E-state index is 12.8. The molecular formula is C16H17N3O5. The summed E-state index contributed by atoms with van der Waals surface area (Å²) in [5.74, 6) is 1.12. The van der Waals surface area contributed by atoms with Crippen LogP contribution in [0.2, 0.25) is 0 Å². The summed E-state index contributed by atoms with van der Waals surface area (Å²) in [4.78, 5) is 38.3. The van der Waals surface area contributed by atoms with Crippen LogP contribution in [0.3, 0.4) is 0 Å². The first-order chi connectivity index (χ1) is 11.5. The van der Waals surface area contributed by atoms with Crippen LogP contribution in [0.5, 0.6) is 0 Å². The molecule has 0 aromatic carbocycles. The third kappa shape index (κ3) is 2.94. The number of carbonyl (C=O) groups excluding carboxylic acids is 1. The number of nitro groups is 1. The molecule has 1 amide bonds. The highest BCUT2D eigenvalue weighted by Crippen LogP contribution is 2.33. The number of rotatable bonds is 3. The van der Waals surface area contributed by atoms with Crippen molar-refractivity contribution < 1.29 is 14.1 Å². The van der Waals surface area contributed by atoms with E-state index in [9.17, 15) is 19.7 Å². The number of amides is 1. The van der Waals surface area contributed by atoms with Crippen molar-refractivity contribution >= 4 is 11.6 Å². The third-order valence-corrected chi connectivity index (χ3v) is 4.18. The van der Waals surface area contributed by atoms with E-state index in [1.807, 2.05) is 19.1 Å². The largest absolute Gasteiger partial charge is 0.464 e. The standard InChI is InChI=1S/C16H17N3O5/c1-10-5-6-14(24-10)12-4-2-3-7-18(12)16(21)11-8-13(19(22)23)15(20)17-9-11/h5-6,8-9,12H,2-4,7H2,1H3,(H,17,20). The van der Waals surface area contributed by atoms with E-state index in [0.717, 1.165) is 31.1 Å². The van der Waals surface area contributed by atoms with Crippen molar-refractivity contribution in [3.8, 4) is 0 Å². The molecule has 0 saturated carbocycles. The Balaban J connectivity index is 1.93. The van der Waals surface area contributed by atoms with Crippen LogP contribution in [-0.4, -0.2) is 27.3 Å². The lowest BCUT2D eigenvalue weighted by Gasteiger charge is -2.34. The normalized spacial score (nSPS) is 17.7. The quantitative estimate of drug-likeness (QED) is 0.686. The van der Waals surface area contributed by atoms with Crippen LogP contribution in [0.4, 0.5) is 5.69 Å². The van der Waals surface area contributed by atoms with Crippen LogP contribution in [0.1, 0.15) is 47.2 Å². The highest BCUT2D eigenvalue weighted by molar-refractivity contribution is 5.94. The molecule has 8 heteroatoms. The van der Waals surface area contributed by atoms with E-state index in [4.69, 9.17) is 4.42 Å². The zero-order chi connectivity index (χ0) is 17.3. The second-order valence-electron chi connectivity index (χ2n) is 5.82. The molecule has 0 spiro atoms. The van der Waals surface area contributed by atoms with Crippen molar-refractivity contribution in [3.63, 3.8) is 0 Å². The van der Waals surface area contributed by atoms with E-state index in [2.05, 4.69) is 4.98 Å². The summed E-state index contributed by atoms with van der Waals surface area (Å²) in [6.07, 6.45) is 3.81. The maximum atomic E-state index is 12.8. The van der Waals surface area contributed by atoms with Crippen LogP contribution in [0, 0.1) is 17.0 Å². The molecule has 24 heavy (non-hydrogen) atoms. The fraction of sp³-hybridized carbons (Fsp3) is 0.375. The summed E-state index contributed by atoms with van der Waals surface area (Å²) < 4.78 is 5.66. The van der Waals surface area contributed by atoms with Crippen molar-refractivity contribution in [3.05, 3.63) is 61.9 Å². The Kier molecular flexibility index (Phi) is 4.20. The second kappa shape index (κ2) is 6.31. The number of likely N-dealkylation sites (tertiary alicyclic amines) is 1. The molecule has 1 unspecified atom stereocenters. The highest BCUT2D eigenvalue weighted by atomic mass is 16.6. The zero-order valence-electron chi connectivity index (χ0n) is 13.2. The first kappa shape index (κ1) is 16.0. The van der Waals surface area contributed by atoms with Crippen molar-refractivity contribution in [2.45, 2.75) is 32.2 Å². The summed E-state index contributed by atoms with van der Waals surface area (Å²) in [6.45, 7) is 2.37. The number of piperidine rings is 1. The number of nitrogens with one attached hydrogen (secondary N) is 1. The fourth-order valence-corrected chi connectivity index (χ4v) is 3.00. The van der Waals surface area contributed by atoms with E-state index in [0.29, 0.717) is 12.3 Å². The summed E-state index contributed by atoms with van der Waals surface area (Å²) >= 11 is 0. The Morgan fingerprint density at radius 1 is 1.42 bits per heavy atom. The lowest BCUT2D eigenvalue weighted by atomic mass is 9.99. The Hall–Kier alpha value is -2.90. The van der Waals surface area contributed by atoms with Gasteiger partial charge in [-0.05, 0) is 38.3 Å². The topological polar surface area (TPSA) is 109 Å². The summed E-state index contributed by atoms with van der Waals surface area (Å²) in [7, 11) is 0. The number of pyridine rings is 1. The SMILES string of the molecule is Cc1ccc(C2CCCCN2C(=O)c2c[nH]c(=O)c([N+](=O)[O-])c2)o1. The molecule has 3 rings (SSSR count). The molecule has 1 saturated heterocycles. The number of aryl methyl sites for hydroxylation is 1. The van der Waals surface area contributed by atoms with Crippen LogP contribution < -0.4 is 5.56 Å². The molecule has 1 N–H and O–H groups in total. The van der Waals surface area contributed by atoms with Gasteiger partial charge in [0.1, 0.15) is 11.5 Å². The van der Waals surface area contributed by atoms with E-state index in [-0.39, 0.29) is 17.5 Å². The van der Waals surface area contributed by atoms with Crippen LogP contribution >= 0.6 is 0 Å².